The molecule has 0 aliphatic carbocycles. The van der Waals surface area contributed by atoms with Crippen molar-refractivity contribution in [2.24, 2.45) is 0 Å². The molecule has 0 bridgehead atoms. The van der Waals surface area contributed by atoms with Gasteiger partial charge in [0.1, 0.15) is 17.6 Å². The molecule has 1 atom stereocenters. The minimum atomic E-state index is -1.07. The van der Waals surface area contributed by atoms with Crippen LogP contribution in [0.25, 0.3) is 11.1 Å². The van der Waals surface area contributed by atoms with Crippen molar-refractivity contribution in [2.75, 3.05) is 17.7 Å². The molecule has 0 fully saturated rings. The van der Waals surface area contributed by atoms with Crippen LogP contribution in [0.5, 0.6) is 5.75 Å². The summed E-state index contributed by atoms with van der Waals surface area (Å²) in [6.45, 7) is 1.81. The first-order valence-corrected chi connectivity index (χ1v) is 9.16. The van der Waals surface area contributed by atoms with E-state index in [0.717, 1.165) is 23.3 Å². The van der Waals surface area contributed by atoms with Crippen LogP contribution in [0.15, 0.2) is 42.5 Å². The molecule has 2 heterocycles. The summed E-state index contributed by atoms with van der Waals surface area (Å²) in [6.07, 6.45) is -0.212. The molecule has 2 N–H and O–H groups in total. The number of hydrogen-bond donors (Lipinski definition) is 2. The van der Waals surface area contributed by atoms with Gasteiger partial charge in [-0.3, -0.25) is 9.59 Å². The first-order chi connectivity index (χ1) is 14.4. The van der Waals surface area contributed by atoms with Crippen molar-refractivity contribution in [2.45, 2.75) is 19.4 Å². The van der Waals surface area contributed by atoms with Crippen molar-refractivity contribution in [3.63, 3.8) is 0 Å². The van der Waals surface area contributed by atoms with Gasteiger partial charge < -0.3 is 15.4 Å². The Labute approximate surface area is 170 Å². The Morgan fingerprint density at radius 2 is 2.03 bits per heavy atom. The van der Waals surface area contributed by atoms with E-state index in [4.69, 9.17) is 4.74 Å². The lowest BCUT2D eigenvalue weighted by atomic mass is 10.1. The molecule has 154 valence electrons. The number of aryl methyl sites for hydroxylation is 1. The molecule has 1 aromatic heterocycles. The van der Waals surface area contributed by atoms with Crippen molar-refractivity contribution in [3.05, 3.63) is 59.8 Å². The minimum Gasteiger partial charge on any atom is -0.497 e. The zero-order valence-corrected chi connectivity index (χ0v) is 16.2. The molecule has 0 spiro atoms. The van der Waals surface area contributed by atoms with Crippen LogP contribution in [0.1, 0.15) is 18.2 Å². The number of aromatic nitrogens is 2. The predicted octanol–water partition coefficient (Wildman–Crippen LogP) is 3.67. The SMILES string of the molecule is COc1cccc(-c2c(C)nn3c2NC(=O)C3CC(=O)Nc2ccc(F)c(F)c2)c1. The molecule has 0 saturated heterocycles. The maximum absolute atomic E-state index is 13.3. The molecule has 4 rings (SSSR count). The van der Waals surface area contributed by atoms with Crippen LogP contribution in [0.4, 0.5) is 20.3 Å². The van der Waals surface area contributed by atoms with Crippen LogP contribution in [0.3, 0.4) is 0 Å². The molecule has 9 heteroatoms. The molecule has 30 heavy (non-hydrogen) atoms. The van der Waals surface area contributed by atoms with E-state index in [1.807, 2.05) is 31.2 Å². The standard InChI is InChI=1S/C21H18F2N4O3/c1-11-19(12-4-3-5-14(8-12)30-2)20-25-21(29)17(27(20)26-11)10-18(28)24-13-6-7-15(22)16(23)9-13/h3-9,17H,10H2,1-2H3,(H,24,28)(H,25,29). The third-order valence-electron chi connectivity index (χ3n) is 4.87. The molecule has 1 aliphatic heterocycles. The molecule has 0 saturated carbocycles. The van der Waals surface area contributed by atoms with E-state index >= 15 is 0 Å². The molecular formula is C21H18F2N4O3. The lowest BCUT2D eigenvalue weighted by Crippen LogP contribution is -2.23. The number of carbonyl (C=O) groups is 2. The van der Waals surface area contributed by atoms with E-state index in [2.05, 4.69) is 15.7 Å². The molecule has 2 aromatic carbocycles. The second-order valence-corrected chi connectivity index (χ2v) is 6.87. The number of benzene rings is 2. The topological polar surface area (TPSA) is 85.2 Å². The quantitative estimate of drug-likeness (QED) is 0.670. The molecule has 2 amide bonds. The largest absolute Gasteiger partial charge is 0.497 e. The Balaban J connectivity index is 1.58. The Morgan fingerprint density at radius 3 is 2.77 bits per heavy atom. The molecule has 1 unspecified atom stereocenters. The van der Waals surface area contributed by atoms with Gasteiger partial charge in [0.15, 0.2) is 11.6 Å². The maximum Gasteiger partial charge on any atom is 0.251 e. The highest BCUT2D eigenvalue weighted by Crippen LogP contribution is 2.39. The fraction of sp³-hybridized carbons (Fsp3) is 0.190. The van der Waals surface area contributed by atoms with Crippen LogP contribution >= 0.6 is 0 Å². The van der Waals surface area contributed by atoms with Gasteiger partial charge in [-0.15, -0.1) is 0 Å². The number of amides is 2. The number of halogens is 2. The predicted molar refractivity (Wildman–Crippen MR) is 106 cm³/mol. The minimum absolute atomic E-state index is 0.103. The summed E-state index contributed by atoms with van der Waals surface area (Å²) < 4.78 is 33.1. The second-order valence-electron chi connectivity index (χ2n) is 6.87. The van der Waals surface area contributed by atoms with Gasteiger partial charge >= 0.3 is 0 Å². The summed E-state index contributed by atoms with van der Waals surface area (Å²) in [5.41, 5.74) is 2.35. The first kappa shape index (κ1) is 19.6. The van der Waals surface area contributed by atoms with Gasteiger partial charge in [0, 0.05) is 17.3 Å². The van der Waals surface area contributed by atoms with Crippen molar-refractivity contribution in [3.8, 4) is 16.9 Å². The van der Waals surface area contributed by atoms with Crippen LogP contribution in [-0.4, -0.2) is 28.7 Å². The van der Waals surface area contributed by atoms with E-state index in [-0.39, 0.29) is 18.0 Å². The number of nitrogens with zero attached hydrogens (tertiary/aromatic N) is 2. The number of anilines is 2. The molecule has 7 nitrogen and oxygen atoms in total. The third kappa shape index (κ3) is 3.49. The van der Waals surface area contributed by atoms with Crippen molar-refractivity contribution >= 4 is 23.3 Å². The van der Waals surface area contributed by atoms with Crippen LogP contribution in [0.2, 0.25) is 0 Å². The number of methoxy groups -OCH3 is 1. The lowest BCUT2D eigenvalue weighted by molar-refractivity contribution is -0.123. The average molecular weight is 412 g/mol. The van der Waals surface area contributed by atoms with Gasteiger partial charge in [-0.2, -0.15) is 5.10 Å². The first-order valence-electron chi connectivity index (χ1n) is 9.16. The van der Waals surface area contributed by atoms with E-state index in [1.165, 1.54) is 10.7 Å². The molecular weight excluding hydrogens is 394 g/mol. The molecule has 0 radical (unpaired) electrons. The highest BCUT2D eigenvalue weighted by molar-refractivity contribution is 6.04. The zero-order valence-electron chi connectivity index (χ0n) is 16.2. The average Bonchev–Trinajstić information content (AvgIpc) is 3.18. The van der Waals surface area contributed by atoms with Crippen LogP contribution in [-0.2, 0) is 9.59 Å². The summed E-state index contributed by atoms with van der Waals surface area (Å²) in [5, 5.41) is 9.71. The molecule has 1 aliphatic rings. The highest BCUT2D eigenvalue weighted by Gasteiger charge is 2.36. The van der Waals surface area contributed by atoms with E-state index in [9.17, 15) is 18.4 Å². The van der Waals surface area contributed by atoms with Crippen molar-refractivity contribution < 1.29 is 23.1 Å². The monoisotopic (exact) mass is 412 g/mol. The summed E-state index contributed by atoms with van der Waals surface area (Å²) >= 11 is 0. The summed E-state index contributed by atoms with van der Waals surface area (Å²) in [5.74, 6) is -1.81. The Bertz CT molecular complexity index is 1160. The third-order valence-corrected chi connectivity index (χ3v) is 4.87. The Morgan fingerprint density at radius 1 is 1.23 bits per heavy atom. The van der Waals surface area contributed by atoms with Gasteiger partial charge in [-0.1, -0.05) is 12.1 Å². The van der Waals surface area contributed by atoms with Crippen molar-refractivity contribution in [1.29, 1.82) is 0 Å². The van der Waals surface area contributed by atoms with Crippen molar-refractivity contribution in [1.82, 2.24) is 9.78 Å². The fourth-order valence-electron chi connectivity index (χ4n) is 3.47. The number of carbonyl (C=O) groups excluding carboxylic acids is 2. The zero-order chi connectivity index (χ0) is 21.4. The Hall–Kier alpha value is -3.75. The van der Waals surface area contributed by atoms with E-state index < -0.39 is 23.6 Å². The van der Waals surface area contributed by atoms with Gasteiger partial charge in [0.2, 0.25) is 5.91 Å². The fourth-order valence-corrected chi connectivity index (χ4v) is 3.47. The maximum atomic E-state index is 13.3. The second kappa shape index (κ2) is 7.58. The van der Waals surface area contributed by atoms with E-state index in [1.54, 1.807) is 7.11 Å². The normalized spacial score (nSPS) is 14.9. The van der Waals surface area contributed by atoms with Gasteiger partial charge in [-0.05, 0) is 36.8 Å². The van der Waals surface area contributed by atoms with Crippen LogP contribution in [0, 0.1) is 18.6 Å². The molecule has 3 aromatic rings. The number of rotatable bonds is 5. The number of fused-ring (bicyclic) bond motifs is 1. The summed E-state index contributed by atoms with van der Waals surface area (Å²) in [4.78, 5) is 24.9. The Kier molecular flexibility index (Phi) is 4.94. The summed E-state index contributed by atoms with van der Waals surface area (Å²) in [6, 6.07) is 9.55. The van der Waals surface area contributed by atoms with Gasteiger partial charge in [-0.25, -0.2) is 13.5 Å². The number of hydrogen-bond acceptors (Lipinski definition) is 4. The number of nitrogens with one attached hydrogen (secondary N) is 2. The van der Waals surface area contributed by atoms with E-state index in [0.29, 0.717) is 17.3 Å². The van der Waals surface area contributed by atoms with Crippen LogP contribution < -0.4 is 15.4 Å². The highest BCUT2D eigenvalue weighted by atomic mass is 19.2. The smallest absolute Gasteiger partial charge is 0.251 e. The van der Waals surface area contributed by atoms with Gasteiger partial charge in [0.05, 0.1) is 19.2 Å². The summed E-state index contributed by atoms with van der Waals surface area (Å²) in [7, 11) is 1.57. The van der Waals surface area contributed by atoms with Gasteiger partial charge in [0.25, 0.3) is 5.91 Å². The number of ether oxygens (including phenoxy) is 1. The lowest BCUT2D eigenvalue weighted by Gasteiger charge is -2.10.